The summed E-state index contributed by atoms with van der Waals surface area (Å²) in [5, 5.41) is 0. The standard InChI is InChI=1S/C69H76N2/c1-7-9-11-13-15-26-46-69(47-27-16-14-12-10-8-2)62-48-55(40-44-60(62)61-45-43-59(49-63(61)69)68(5,6)57-32-24-19-25-33-57)51-34-36-52(37-35-51)64-50-65(71-66(70-64)54-28-20-17-21-29-54)53-38-41-58(42-39-53)67(3,4)56-30-22-18-23-31-56/h17-25,28-45,48-50H,7-16,26-27,46-47H2,1-6H3. The van der Waals surface area contributed by atoms with Crippen LogP contribution in [-0.4, -0.2) is 9.97 Å². The van der Waals surface area contributed by atoms with Gasteiger partial charge < -0.3 is 0 Å². The van der Waals surface area contributed by atoms with Gasteiger partial charge in [0.15, 0.2) is 5.82 Å². The van der Waals surface area contributed by atoms with E-state index in [-0.39, 0.29) is 16.2 Å². The molecule has 7 aromatic carbocycles. The van der Waals surface area contributed by atoms with E-state index in [2.05, 4.69) is 224 Å². The Labute approximate surface area is 427 Å². The molecule has 0 spiro atoms. The molecule has 8 aromatic rings. The highest BCUT2D eigenvalue weighted by Crippen LogP contribution is 2.56. The number of rotatable bonds is 22. The molecule has 2 heteroatoms. The fourth-order valence-corrected chi connectivity index (χ4v) is 11.5. The van der Waals surface area contributed by atoms with Gasteiger partial charge in [0, 0.05) is 32.9 Å². The molecule has 362 valence electrons. The van der Waals surface area contributed by atoms with Crippen LogP contribution in [0.2, 0.25) is 0 Å². The molecule has 0 bridgehead atoms. The first-order valence-electron chi connectivity index (χ1n) is 27.2. The maximum atomic E-state index is 5.22. The van der Waals surface area contributed by atoms with Crippen molar-refractivity contribution in [2.45, 2.75) is 148 Å². The number of unbranched alkanes of at least 4 members (excludes halogenated alkanes) is 10. The maximum Gasteiger partial charge on any atom is 0.160 e. The minimum Gasteiger partial charge on any atom is -0.228 e. The molecule has 0 saturated carbocycles. The molecule has 0 amide bonds. The second-order valence-corrected chi connectivity index (χ2v) is 21.6. The third-order valence-electron chi connectivity index (χ3n) is 16.2. The number of hydrogen-bond acceptors (Lipinski definition) is 2. The van der Waals surface area contributed by atoms with Crippen molar-refractivity contribution in [2.75, 3.05) is 0 Å². The fourth-order valence-electron chi connectivity index (χ4n) is 11.5. The molecule has 0 atom stereocenters. The topological polar surface area (TPSA) is 25.8 Å². The van der Waals surface area contributed by atoms with Crippen molar-refractivity contribution in [3.8, 4) is 56.2 Å². The molecule has 1 aliphatic carbocycles. The van der Waals surface area contributed by atoms with Crippen molar-refractivity contribution >= 4 is 0 Å². The molecule has 0 saturated heterocycles. The number of hydrogen-bond donors (Lipinski definition) is 0. The van der Waals surface area contributed by atoms with E-state index in [1.54, 1.807) is 5.56 Å². The summed E-state index contributed by atoms with van der Waals surface area (Å²) < 4.78 is 0. The third kappa shape index (κ3) is 10.8. The minimum atomic E-state index is -0.122. The van der Waals surface area contributed by atoms with Crippen molar-refractivity contribution in [3.05, 3.63) is 215 Å². The summed E-state index contributed by atoms with van der Waals surface area (Å²) in [6.07, 6.45) is 18.1. The van der Waals surface area contributed by atoms with Gasteiger partial charge in [-0.05, 0) is 80.6 Å². The Morgan fingerprint density at radius 1 is 0.338 bits per heavy atom. The summed E-state index contributed by atoms with van der Waals surface area (Å²) in [6, 6.07) is 67.6. The van der Waals surface area contributed by atoms with Crippen LogP contribution in [-0.2, 0) is 16.2 Å². The normalized spacial score (nSPS) is 13.0. The van der Waals surface area contributed by atoms with E-state index >= 15 is 0 Å². The van der Waals surface area contributed by atoms with Crippen LogP contribution in [0.15, 0.2) is 182 Å². The molecule has 0 aliphatic heterocycles. The van der Waals surface area contributed by atoms with Crippen LogP contribution in [0, 0.1) is 0 Å². The largest absolute Gasteiger partial charge is 0.228 e. The van der Waals surface area contributed by atoms with Gasteiger partial charge in [-0.15, -0.1) is 0 Å². The highest BCUT2D eigenvalue weighted by molar-refractivity contribution is 5.85. The average Bonchev–Trinajstić information content (AvgIpc) is 3.69. The SMILES string of the molecule is CCCCCCCCC1(CCCCCCCC)c2cc(-c3ccc(-c4cc(-c5ccc(C(C)(C)c6ccccc6)cc5)nc(-c5ccccc5)n4)cc3)ccc2-c2ccc(C(C)(C)c3ccccc3)cc21. The lowest BCUT2D eigenvalue weighted by atomic mass is 9.68. The quantitative estimate of drug-likeness (QED) is 0.0633. The van der Waals surface area contributed by atoms with Gasteiger partial charge in [0.1, 0.15) is 0 Å². The summed E-state index contributed by atoms with van der Waals surface area (Å²) in [4.78, 5) is 10.4. The van der Waals surface area contributed by atoms with Crippen molar-refractivity contribution in [3.63, 3.8) is 0 Å². The molecule has 1 aliphatic rings. The van der Waals surface area contributed by atoms with Gasteiger partial charge in [0.2, 0.25) is 0 Å². The molecule has 0 N–H and O–H groups in total. The molecule has 2 nitrogen and oxygen atoms in total. The Kier molecular flexibility index (Phi) is 15.6. The van der Waals surface area contributed by atoms with Crippen LogP contribution in [0.4, 0.5) is 0 Å². The van der Waals surface area contributed by atoms with Crippen LogP contribution in [0.5, 0.6) is 0 Å². The Morgan fingerprint density at radius 2 is 0.732 bits per heavy atom. The second kappa shape index (κ2) is 22.4. The van der Waals surface area contributed by atoms with Crippen LogP contribution < -0.4 is 0 Å². The first kappa shape index (κ1) is 49.6. The van der Waals surface area contributed by atoms with Crippen LogP contribution in [0.3, 0.4) is 0 Å². The molecule has 1 aromatic heterocycles. The summed E-state index contributed by atoms with van der Waals surface area (Å²) in [7, 11) is 0. The Morgan fingerprint density at radius 3 is 1.27 bits per heavy atom. The van der Waals surface area contributed by atoms with E-state index in [0.717, 1.165) is 33.9 Å². The zero-order valence-electron chi connectivity index (χ0n) is 43.6. The number of nitrogens with zero attached hydrogens (tertiary/aromatic N) is 2. The fraction of sp³-hybridized carbons (Fsp3) is 0.333. The van der Waals surface area contributed by atoms with Crippen LogP contribution in [0.25, 0.3) is 56.2 Å². The summed E-state index contributed by atoms with van der Waals surface area (Å²) >= 11 is 0. The van der Waals surface area contributed by atoms with E-state index in [4.69, 9.17) is 9.97 Å². The minimum absolute atomic E-state index is 0.0282. The monoisotopic (exact) mass is 933 g/mol. The summed E-state index contributed by atoms with van der Waals surface area (Å²) in [6.45, 7) is 14.1. The van der Waals surface area contributed by atoms with Crippen molar-refractivity contribution < 1.29 is 0 Å². The van der Waals surface area contributed by atoms with Crippen molar-refractivity contribution in [1.29, 1.82) is 0 Å². The molecule has 0 unspecified atom stereocenters. The Bertz CT molecular complexity index is 2950. The maximum absolute atomic E-state index is 5.22. The lowest BCUT2D eigenvalue weighted by Gasteiger charge is -2.35. The second-order valence-electron chi connectivity index (χ2n) is 21.6. The van der Waals surface area contributed by atoms with Gasteiger partial charge >= 0.3 is 0 Å². The molecule has 9 rings (SSSR count). The van der Waals surface area contributed by atoms with Crippen LogP contribution >= 0.6 is 0 Å². The number of fused-ring (bicyclic) bond motifs is 3. The molecular formula is C69H76N2. The van der Waals surface area contributed by atoms with E-state index in [1.807, 2.05) is 0 Å². The zero-order valence-corrected chi connectivity index (χ0v) is 43.6. The number of benzene rings is 7. The smallest absolute Gasteiger partial charge is 0.160 e. The predicted molar refractivity (Wildman–Crippen MR) is 303 cm³/mol. The molecule has 0 radical (unpaired) electrons. The van der Waals surface area contributed by atoms with E-state index in [0.29, 0.717) is 0 Å². The van der Waals surface area contributed by atoms with Gasteiger partial charge in [-0.3, -0.25) is 0 Å². The van der Waals surface area contributed by atoms with Gasteiger partial charge in [-0.2, -0.15) is 0 Å². The Hall–Kier alpha value is -6.38. The molecule has 1 heterocycles. The van der Waals surface area contributed by atoms with Crippen molar-refractivity contribution in [1.82, 2.24) is 9.97 Å². The van der Waals surface area contributed by atoms with Gasteiger partial charge in [-0.1, -0.05) is 288 Å². The van der Waals surface area contributed by atoms with Gasteiger partial charge in [-0.25, -0.2) is 9.97 Å². The summed E-state index contributed by atoms with van der Waals surface area (Å²) in [5.41, 5.74) is 18.6. The third-order valence-corrected chi connectivity index (χ3v) is 16.2. The van der Waals surface area contributed by atoms with E-state index in [9.17, 15) is 0 Å². The average molecular weight is 933 g/mol. The lowest BCUT2D eigenvalue weighted by Crippen LogP contribution is -2.27. The molecule has 0 fully saturated rings. The van der Waals surface area contributed by atoms with Gasteiger partial charge in [0.05, 0.1) is 11.4 Å². The molecule has 71 heavy (non-hydrogen) atoms. The lowest BCUT2D eigenvalue weighted by molar-refractivity contribution is 0.397. The Balaban J connectivity index is 1.08. The first-order valence-corrected chi connectivity index (χ1v) is 27.2. The first-order chi connectivity index (χ1) is 34.6. The molecular weight excluding hydrogens is 857 g/mol. The van der Waals surface area contributed by atoms with E-state index < -0.39 is 0 Å². The zero-order chi connectivity index (χ0) is 49.3. The van der Waals surface area contributed by atoms with Gasteiger partial charge in [0.25, 0.3) is 0 Å². The highest BCUT2D eigenvalue weighted by atomic mass is 14.9. The number of aromatic nitrogens is 2. The van der Waals surface area contributed by atoms with E-state index in [1.165, 1.54) is 140 Å². The summed E-state index contributed by atoms with van der Waals surface area (Å²) in [5.74, 6) is 0.733. The highest BCUT2D eigenvalue weighted by Gasteiger charge is 2.43. The van der Waals surface area contributed by atoms with Crippen LogP contribution in [0.1, 0.15) is 165 Å². The predicted octanol–water partition coefficient (Wildman–Crippen LogP) is 19.6. The van der Waals surface area contributed by atoms with Crippen molar-refractivity contribution in [2.24, 2.45) is 0 Å².